The Bertz CT molecular complexity index is 700. The molecule has 2 rings (SSSR count). The molecule has 1 fully saturated rings. The third-order valence-electron chi connectivity index (χ3n) is 3.88. The Hall–Kier alpha value is -2.46. The fourth-order valence-electron chi connectivity index (χ4n) is 2.55. The molecule has 0 spiro atoms. The summed E-state index contributed by atoms with van der Waals surface area (Å²) in [6, 6.07) is 4.84. The number of nitrogens with one attached hydrogen (secondary N) is 4. The van der Waals surface area contributed by atoms with Crippen LogP contribution < -0.4 is 30.7 Å². The van der Waals surface area contributed by atoms with Gasteiger partial charge in [0.05, 0.1) is 25.7 Å². The van der Waals surface area contributed by atoms with E-state index >= 15 is 0 Å². The second-order valence-electron chi connectivity index (χ2n) is 5.82. The lowest BCUT2D eigenvalue weighted by Crippen LogP contribution is -2.55. The van der Waals surface area contributed by atoms with E-state index in [1.165, 1.54) is 26.0 Å². The molecule has 3 amide bonds. The number of hydrogen-bond donors (Lipinski definition) is 4. The number of hydrogen-bond acceptors (Lipinski definition) is 7. The number of carbonyl (C=O) groups is 3. The monoisotopic (exact) mass is 396 g/mol. The second-order valence-corrected chi connectivity index (χ2v) is 6.91. The van der Waals surface area contributed by atoms with E-state index in [4.69, 9.17) is 9.47 Å². The molecule has 1 saturated heterocycles. The lowest BCUT2D eigenvalue weighted by atomic mass is 10.1. The SMILES string of the molecule is CNC(=O)CC1CC(=O)NC(SCC(=O)Nc2cc(OC)ccc2OC)N1. The number of carbonyl (C=O) groups excluding carboxylic acids is 3. The lowest BCUT2D eigenvalue weighted by molar-refractivity contribution is -0.125. The first-order valence-corrected chi connectivity index (χ1v) is 9.39. The van der Waals surface area contributed by atoms with E-state index in [1.54, 1.807) is 25.2 Å². The van der Waals surface area contributed by atoms with Gasteiger partial charge in [0.15, 0.2) is 0 Å². The molecule has 1 aliphatic rings. The summed E-state index contributed by atoms with van der Waals surface area (Å²) in [5.74, 6) is 0.658. The molecule has 0 aliphatic carbocycles. The number of benzene rings is 1. The highest BCUT2D eigenvalue weighted by Crippen LogP contribution is 2.29. The highest BCUT2D eigenvalue weighted by atomic mass is 32.2. The van der Waals surface area contributed by atoms with Crippen molar-refractivity contribution in [2.24, 2.45) is 0 Å². The molecule has 2 unspecified atom stereocenters. The number of amides is 3. The van der Waals surface area contributed by atoms with Gasteiger partial charge in [-0.1, -0.05) is 0 Å². The zero-order valence-electron chi connectivity index (χ0n) is 15.5. The third kappa shape index (κ3) is 6.33. The fraction of sp³-hybridized carbons (Fsp3) is 0.471. The van der Waals surface area contributed by atoms with Gasteiger partial charge in [-0.15, -0.1) is 11.8 Å². The summed E-state index contributed by atoms with van der Waals surface area (Å²) in [5, 5.41) is 11.2. The van der Waals surface area contributed by atoms with Gasteiger partial charge < -0.3 is 25.4 Å². The molecular formula is C17H24N4O5S. The van der Waals surface area contributed by atoms with E-state index in [0.717, 1.165) is 0 Å². The maximum atomic E-state index is 12.3. The zero-order valence-corrected chi connectivity index (χ0v) is 16.3. The maximum absolute atomic E-state index is 12.3. The average Bonchev–Trinajstić information content (AvgIpc) is 2.65. The Labute approximate surface area is 161 Å². The largest absolute Gasteiger partial charge is 0.497 e. The molecule has 1 aromatic carbocycles. The van der Waals surface area contributed by atoms with Crippen LogP contribution in [0.25, 0.3) is 0 Å². The van der Waals surface area contributed by atoms with Gasteiger partial charge in [-0.25, -0.2) is 0 Å². The van der Waals surface area contributed by atoms with Gasteiger partial charge in [-0.05, 0) is 12.1 Å². The van der Waals surface area contributed by atoms with Crippen LogP contribution in [-0.2, 0) is 14.4 Å². The van der Waals surface area contributed by atoms with Gasteiger partial charge in [0.25, 0.3) is 0 Å². The van der Waals surface area contributed by atoms with Crippen molar-refractivity contribution < 1.29 is 23.9 Å². The van der Waals surface area contributed by atoms with Gasteiger partial charge in [0.1, 0.15) is 17.0 Å². The van der Waals surface area contributed by atoms with Gasteiger partial charge >= 0.3 is 0 Å². The van der Waals surface area contributed by atoms with E-state index in [9.17, 15) is 14.4 Å². The van der Waals surface area contributed by atoms with Crippen LogP contribution in [0, 0.1) is 0 Å². The van der Waals surface area contributed by atoms with E-state index in [0.29, 0.717) is 17.2 Å². The first-order valence-electron chi connectivity index (χ1n) is 8.34. The minimum Gasteiger partial charge on any atom is -0.497 e. The van der Waals surface area contributed by atoms with Crippen LogP contribution in [0.5, 0.6) is 11.5 Å². The zero-order chi connectivity index (χ0) is 19.8. The summed E-state index contributed by atoms with van der Waals surface area (Å²) in [7, 11) is 4.60. The van der Waals surface area contributed by atoms with E-state index in [2.05, 4.69) is 21.3 Å². The summed E-state index contributed by atoms with van der Waals surface area (Å²) >= 11 is 1.23. The Kier molecular flexibility index (Phi) is 7.74. The normalized spacial score (nSPS) is 19.0. The minimum atomic E-state index is -0.445. The molecule has 148 valence electrons. The van der Waals surface area contributed by atoms with Gasteiger partial charge in [0, 0.05) is 32.0 Å². The summed E-state index contributed by atoms with van der Waals surface area (Å²) in [5.41, 5.74) is 0.0550. The Morgan fingerprint density at radius 3 is 2.70 bits per heavy atom. The molecule has 1 aliphatic heterocycles. The molecule has 0 saturated carbocycles. The van der Waals surface area contributed by atoms with Crippen molar-refractivity contribution in [2.45, 2.75) is 24.4 Å². The number of anilines is 1. The van der Waals surface area contributed by atoms with Crippen LogP contribution in [0.1, 0.15) is 12.8 Å². The van der Waals surface area contributed by atoms with Gasteiger partial charge in [0.2, 0.25) is 17.7 Å². The molecule has 1 aromatic rings. The molecule has 27 heavy (non-hydrogen) atoms. The third-order valence-corrected chi connectivity index (χ3v) is 4.90. The Morgan fingerprint density at radius 1 is 1.26 bits per heavy atom. The van der Waals surface area contributed by atoms with E-state index in [1.807, 2.05) is 0 Å². The van der Waals surface area contributed by atoms with Gasteiger partial charge in [-0.3, -0.25) is 19.7 Å². The highest BCUT2D eigenvalue weighted by Gasteiger charge is 2.27. The van der Waals surface area contributed by atoms with Crippen LogP contribution >= 0.6 is 11.8 Å². The summed E-state index contributed by atoms with van der Waals surface area (Å²) in [6.07, 6.45) is 0.422. The van der Waals surface area contributed by atoms with E-state index < -0.39 is 5.50 Å². The molecule has 1 heterocycles. The molecule has 0 radical (unpaired) electrons. The first kappa shape index (κ1) is 20.8. The maximum Gasteiger partial charge on any atom is 0.234 e. The van der Waals surface area contributed by atoms with Crippen LogP contribution in [0.3, 0.4) is 0 Å². The second kappa shape index (κ2) is 10.0. The Balaban J connectivity index is 1.89. The average molecular weight is 396 g/mol. The lowest BCUT2D eigenvalue weighted by Gasteiger charge is -2.30. The van der Waals surface area contributed by atoms with Crippen LogP contribution in [-0.4, -0.2) is 56.3 Å². The molecule has 4 N–H and O–H groups in total. The summed E-state index contributed by atoms with van der Waals surface area (Å²) in [6.45, 7) is 0. The standard InChI is InChI=1S/C17H24N4O5S/c1-18-14(22)6-10-7-15(23)21-17(19-10)27-9-16(24)20-12-8-11(25-2)4-5-13(12)26-3/h4-5,8,10,17,19H,6-7,9H2,1-3H3,(H,18,22)(H,20,24)(H,21,23). The molecule has 0 aromatic heterocycles. The number of thioether (sulfide) groups is 1. The van der Waals surface area contributed by atoms with Crippen molar-refractivity contribution in [1.82, 2.24) is 16.0 Å². The predicted octanol–water partition coefficient (Wildman–Crippen LogP) is 0.273. The quantitative estimate of drug-likeness (QED) is 0.498. The topological polar surface area (TPSA) is 118 Å². The molecule has 0 bridgehead atoms. The van der Waals surface area contributed by atoms with Gasteiger partial charge in [-0.2, -0.15) is 0 Å². The Morgan fingerprint density at radius 2 is 2.04 bits per heavy atom. The highest BCUT2D eigenvalue weighted by molar-refractivity contribution is 8.00. The smallest absolute Gasteiger partial charge is 0.234 e. The van der Waals surface area contributed by atoms with Crippen molar-refractivity contribution in [1.29, 1.82) is 0 Å². The predicted molar refractivity (Wildman–Crippen MR) is 103 cm³/mol. The minimum absolute atomic E-state index is 0.102. The van der Waals surface area contributed by atoms with Crippen molar-refractivity contribution in [3.8, 4) is 11.5 Å². The van der Waals surface area contributed by atoms with Crippen LogP contribution in [0.2, 0.25) is 0 Å². The summed E-state index contributed by atoms with van der Waals surface area (Å²) in [4.78, 5) is 35.6. The van der Waals surface area contributed by atoms with Crippen LogP contribution in [0.4, 0.5) is 5.69 Å². The molecule has 9 nitrogen and oxygen atoms in total. The molecular weight excluding hydrogens is 372 g/mol. The summed E-state index contributed by atoms with van der Waals surface area (Å²) < 4.78 is 10.4. The number of rotatable bonds is 8. The van der Waals surface area contributed by atoms with E-state index in [-0.39, 0.29) is 42.4 Å². The van der Waals surface area contributed by atoms with Crippen molar-refractivity contribution in [2.75, 3.05) is 32.3 Å². The van der Waals surface area contributed by atoms with Crippen LogP contribution in [0.15, 0.2) is 18.2 Å². The fourth-order valence-corrected chi connectivity index (χ4v) is 3.44. The molecule has 10 heteroatoms. The van der Waals surface area contributed by atoms with Crippen molar-refractivity contribution >= 4 is 35.2 Å². The number of methoxy groups -OCH3 is 2. The van der Waals surface area contributed by atoms with Crippen molar-refractivity contribution in [3.63, 3.8) is 0 Å². The molecule has 2 atom stereocenters. The first-order chi connectivity index (χ1) is 12.9. The number of ether oxygens (including phenoxy) is 2. The van der Waals surface area contributed by atoms with Crippen molar-refractivity contribution in [3.05, 3.63) is 18.2 Å².